The average Bonchev–Trinajstić information content (AvgIpc) is 2.60. The SMILES string of the molecule is CCOCO[C@H](C)c1cc(OCC)ccc1/C=C/CCC(=O)OCC. The van der Waals surface area contributed by atoms with Gasteiger partial charge in [-0.15, -0.1) is 0 Å². The van der Waals surface area contributed by atoms with Crippen LogP contribution in [0.1, 0.15) is 57.8 Å². The summed E-state index contributed by atoms with van der Waals surface area (Å²) in [5.74, 6) is 0.639. The molecule has 0 radical (unpaired) electrons. The molecule has 1 atom stereocenters. The number of carbonyl (C=O) groups is 1. The topological polar surface area (TPSA) is 54.0 Å². The molecule has 0 aliphatic rings. The van der Waals surface area contributed by atoms with Crippen molar-refractivity contribution in [1.82, 2.24) is 0 Å². The highest BCUT2D eigenvalue weighted by Crippen LogP contribution is 2.27. The van der Waals surface area contributed by atoms with Crippen LogP contribution in [0, 0.1) is 0 Å². The predicted molar refractivity (Wildman–Crippen MR) is 98.5 cm³/mol. The number of carbonyl (C=O) groups excluding carboxylic acids is 1. The highest BCUT2D eigenvalue weighted by atomic mass is 16.7. The van der Waals surface area contributed by atoms with Gasteiger partial charge in [0.15, 0.2) is 0 Å². The third-order valence-electron chi connectivity index (χ3n) is 3.53. The van der Waals surface area contributed by atoms with Crippen LogP contribution in [0.25, 0.3) is 6.08 Å². The Kier molecular flexibility index (Phi) is 10.6. The molecule has 1 rings (SSSR count). The summed E-state index contributed by atoms with van der Waals surface area (Å²) < 4.78 is 21.5. The summed E-state index contributed by atoms with van der Waals surface area (Å²) in [6.45, 7) is 9.58. The quantitative estimate of drug-likeness (QED) is 0.315. The van der Waals surface area contributed by atoms with E-state index >= 15 is 0 Å². The van der Waals surface area contributed by atoms with E-state index in [0.29, 0.717) is 32.7 Å². The lowest BCUT2D eigenvalue weighted by Gasteiger charge is -2.17. The van der Waals surface area contributed by atoms with Gasteiger partial charge in [-0.25, -0.2) is 0 Å². The highest BCUT2D eigenvalue weighted by molar-refractivity contribution is 5.69. The van der Waals surface area contributed by atoms with Gasteiger partial charge in [0.25, 0.3) is 0 Å². The number of hydrogen-bond acceptors (Lipinski definition) is 5. The van der Waals surface area contributed by atoms with Gasteiger partial charge in [0.05, 0.1) is 19.3 Å². The van der Waals surface area contributed by atoms with Crippen LogP contribution in [0.2, 0.25) is 0 Å². The van der Waals surface area contributed by atoms with E-state index in [1.54, 1.807) is 0 Å². The fourth-order valence-corrected chi connectivity index (χ4v) is 2.28. The summed E-state index contributed by atoms with van der Waals surface area (Å²) in [6.07, 6.45) is 4.87. The van der Waals surface area contributed by atoms with Crippen LogP contribution in [0.4, 0.5) is 0 Å². The van der Waals surface area contributed by atoms with Crippen LogP contribution in [-0.2, 0) is 19.0 Å². The summed E-state index contributed by atoms with van der Waals surface area (Å²) in [5.41, 5.74) is 2.06. The van der Waals surface area contributed by atoms with Crippen LogP contribution >= 0.6 is 0 Å². The second-order valence-electron chi connectivity index (χ2n) is 5.39. The number of allylic oxidation sites excluding steroid dienone is 1. The fraction of sp³-hybridized carbons (Fsp3) is 0.550. The lowest BCUT2D eigenvalue weighted by molar-refractivity contribution is -0.143. The molecule has 0 N–H and O–H groups in total. The predicted octanol–water partition coefficient (Wildman–Crippen LogP) is 4.51. The summed E-state index contributed by atoms with van der Waals surface area (Å²) >= 11 is 0. The molecule has 1 aromatic rings. The second kappa shape index (κ2) is 12.5. The van der Waals surface area contributed by atoms with Crippen molar-refractivity contribution in [3.05, 3.63) is 35.4 Å². The van der Waals surface area contributed by atoms with Crippen LogP contribution in [0.5, 0.6) is 5.75 Å². The Morgan fingerprint density at radius 3 is 2.64 bits per heavy atom. The summed E-state index contributed by atoms with van der Waals surface area (Å²) in [7, 11) is 0. The van der Waals surface area contributed by atoms with Gasteiger partial charge in [-0.1, -0.05) is 18.2 Å². The zero-order valence-corrected chi connectivity index (χ0v) is 15.7. The molecule has 25 heavy (non-hydrogen) atoms. The van der Waals surface area contributed by atoms with E-state index in [1.165, 1.54) is 0 Å². The maximum Gasteiger partial charge on any atom is 0.306 e. The molecule has 0 heterocycles. The zero-order valence-electron chi connectivity index (χ0n) is 15.7. The van der Waals surface area contributed by atoms with E-state index in [1.807, 2.05) is 58.0 Å². The molecule has 5 heteroatoms. The molecule has 140 valence electrons. The standard InChI is InChI=1S/C20H30O5/c1-5-22-15-25-16(4)19-14-18(23-6-2)13-12-17(19)10-8-9-11-20(21)24-7-3/h8,10,12-14,16H,5-7,9,11,15H2,1-4H3/b10-8+/t16-/m1/s1. The molecule has 0 spiro atoms. The Bertz CT molecular complexity index is 539. The van der Waals surface area contributed by atoms with Crippen LogP contribution in [-0.4, -0.2) is 32.6 Å². The van der Waals surface area contributed by atoms with Gasteiger partial charge in [0, 0.05) is 13.0 Å². The molecule has 0 saturated carbocycles. The number of esters is 1. The smallest absolute Gasteiger partial charge is 0.306 e. The molecule has 0 bridgehead atoms. The summed E-state index contributed by atoms with van der Waals surface area (Å²) in [6, 6.07) is 5.93. The van der Waals surface area contributed by atoms with E-state index in [4.69, 9.17) is 18.9 Å². The van der Waals surface area contributed by atoms with E-state index in [2.05, 4.69) is 0 Å². The Morgan fingerprint density at radius 2 is 1.96 bits per heavy atom. The Hall–Kier alpha value is -1.85. The third-order valence-corrected chi connectivity index (χ3v) is 3.53. The lowest BCUT2D eigenvalue weighted by atomic mass is 10.0. The first-order valence-electron chi connectivity index (χ1n) is 8.90. The largest absolute Gasteiger partial charge is 0.494 e. The molecular formula is C20H30O5. The number of benzene rings is 1. The van der Waals surface area contributed by atoms with Crippen molar-refractivity contribution >= 4 is 12.0 Å². The third kappa shape index (κ3) is 8.18. The first-order chi connectivity index (χ1) is 12.1. The molecule has 0 aliphatic carbocycles. The fourth-order valence-electron chi connectivity index (χ4n) is 2.28. The molecule has 0 saturated heterocycles. The summed E-state index contributed by atoms with van der Waals surface area (Å²) in [4.78, 5) is 11.4. The Morgan fingerprint density at radius 1 is 1.16 bits per heavy atom. The molecular weight excluding hydrogens is 320 g/mol. The number of ether oxygens (including phenoxy) is 4. The van der Waals surface area contributed by atoms with Gasteiger partial charge >= 0.3 is 5.97 Å². The van der Waals surface area contributed by atoms with Crippen LogP contribution in [0.3, 0.4) is 0 Å². The van der Waals surface area contributed by atoms with Crippen molar-refractivity contribution in [1.29, 1.82) is 0 Å². The minimum Gasteiger partial charge on any atom is -0.494 e. The van der Waals surface area contributed by atoms with Crippen LogP contribution in [0.15, 0.2) is 24.3 Å². The lowest BCUT2D eigenvalue weighted by Crippen LogP contribution is -2.06. The van der Waals surface area contributed by atoms with Crippen molar-refractivity contribution in [3.63, 3.8) is 0 Å². The van der Waals surface area contributed by atoms with Gasteiger partial charge in [0.2, 0.25) is 0 Å². The van der Waals surface area contributed by atoms with Crippen molar-refractivity contribution in [2.24, 2.45) is 0 Å². The Labute approximate surface area is 150 Å². The molecule has 0 aliphatic heterocycles. The average molecular weight is 350 g/mol. The van der Waals surface area contributed by atoms with Crippen molar-refractivity contribution in [3.8, 4) is 5.75 Å². The van der Waals surface area contributed by atoms with Gasteiger partial charge in [-0.3, -0.25) is 4.79 Å². The first-order valence-corrected chi connectivity index (χ1v) is 8.90. The molecule has 0 amide bonds. The monoisotopic (exact) mass is 350 g/mol. The van der Waals surface area contributed by atoms with Crippen molar-refractivity contribution < 1.29 is 23.7 Å². The van der Waals surface area contributed by atoms with Gasteiger partial charge in [0.1, 0.15) is 12.5 Å². The second-order valence-corrected chi connectivity index (χ2v) is 5.39. The molecule has 1 aromatic carbocycles. The first kappa shape index (κ1) is 21.2. The minimum atomic E-state index is -0.174. The maximum absolute atomic E-state index is 11.4. The van der Waals surface area contributed by atoms with E-state index < -0.39 is 0 Å². The maximum atomic E-state index is 11.4. The van der Waals surface area contributed by atoms with Gasteiger partial charge in [-0.05, 0) is 57.4 Å². The van der Waals surface area contributed by atoms with E-state index in [0.717, 1.165) is 16.9 Å². The van der Waals surface area contributed by atoms with Crippen LogP contribution < -0.4 is 4.74 Å². The molecule has 0 fully saturated rings. The zero-order chi connectivity index (χ0) is 18.5. The molecule has 0 unspecified atom stereocenters. The number of rotatable bonds is 12. The molecule has 5 nitrogen and oxygen atoms in total. The van der Waals surface area contributed by atoms with E-state index in [-0.39, 0.29) is 18.9 Å². The highest BCUT2D eigenvalue weighted by Gasteiger charge is 2.11. The van der Waals surface area contributed by atoms with Gasteiger partial charge in [-0.2, -0.15) is 0 Å². The van der Waals surface area contributed by atoms with Crippen molar-refractivity contribution in [2.75, 3.05) is 26.6 Å². The van der Waals surface area contributed by atoms with Crippen molar-refractivity contribution in [2.45, 2.75) is 46.6 Å². The normalized spacial score (nSPS) is 12.3. The molecule has 0 aromatic heterocycles. The number of hydrogen-bond donors (Lipinski definition) is 0. The summed E-state index contributed by atoms with van der Waals surface area (Å²) in [5, 5.41) is 0. The Balaban J connectivity index is 2.79. The van der Waals surface area contributed by atoms with Gasteiger partial charge < -0.3 is 18.9 Å². The minimum absolute atomic E-state index is 0.128. The van der Waals surface area contributed by atoms with E-state index in [9.17, 15) is 4.79 Å².